The van der Waals surface area contributed by atoms with Gasteiger partial charge in [-0.05, 0) is 34.9 Å². The molecule has 0 radical (unpaired) electrons. The van der Waals surface area contributed by atoms with Crippen LogP contribution in [0.3, 0.4) is 0 Å². The predicted molar refractivity (Wildman–Crippen MR) is 70.7 cm³/mol. The Kier molecular flexibility index (Phi) is 3.45. The van der Waals surface area contributed by atoms with Gasteiger partial charge in [-0.15, -0.1) is 0 Å². The first-order chi connectivity index (χ1) is 8.52. The second-order valence-corrected chi connectivity index (χ2v) is 6.05. The summed E-state index contributed by atoms with van der Waals surface area (Å²) in [7, 11) is -3.15. The summed E-state index contributed by atoms with van der Waals surface area (Å²) in [4.78, 5) is 4.34. The molecule has 94 valence electrons. The Morgan fingerprint density at radius 2 is 1.83 bits per heavy atom. The zero-order chi connectivity index (χ0) is 13.2. The smallest absolute Gasteiger partial charge is 0.175 e. The molecule has 1 aromatic heterocycles. The Morgan fingerprint density at radius 1 is 1.17 bits per heavy atom. The standard InChI is InChI=1S/C13H14N2O2S/c1-18(16,17)12-4-2-10(3-5-12)13-6-7-15-9-11(13)8-14/h2-7,9H,8,14H2,1H3. The van der Waals surface area contributed by atoms with Crippen LogP contribution in [0.2, 0.25) is 0 Å². The van der Waals surface area contributed by atoms with E-state index >= 15 is 0 Å². The van der Waals surface area contributed by atoms with E-state index < -0.39 is 9.84 Å². The molecule has 0 atom stereocenters. The van der Waals surface area contributed by atoms with E-state index in [-0.39, 0.29) is 0 Å². The third-order valence-corrected chi connectivity index (χ3v) is 3.85. The molecule has 0 saturated heterocycles. The van der Waals surface area contributed by atoms with Gasteiger partial charge in [-0.25, -0.2) is 8.42 Å². The van der Waals surface area contributed by atoms with Gasteiger partial charge in [0.1, 0.15) is 0 Å². The Bertz CT molecular complexity index is 649. The van der Waals surface area contributed by atoms with Crippen molar-refractivity contribution in [2.75, 3.05) is 6.26 Å². The van der Waals surface area contributed by atoms with Crippen molar-refractivity contribution < 1.29 is 8.42 Å². The number of benzene rings is 1. The number of aromatic nitrogens is 1. The van der Waals surface area contributed by atoms with E-state index in [0.717, 1.165) is 16.7 Å². The van der Waals surface area contributed by atoms with Gasteiger partial charge in [0.25, 0.3) is 0 Å². The number of rotatable bonds is 3. The maximum Gasteiger partial charge on any atom is 0.175 e. The van der Waals surface area contributed by atoms with Gasteiger partial charge in [-0.2, -0.15) is 0 Å². The van der Waals surface area contributed by atoms with Crippen molar-refractivity contribution in [2.24, 2.45) is 5.73 Å². The number of nitrogens with two attached hydrogens (primary N) is 1. The molecule has 0 aliphatic heterocycles. The van der Waals surface area contributed by atoms with E-state index in [9.17, 15) is 8.42 Å². The highest BCUT2D eigenvalue weighted by molar-refractivity contribution is 7.90. The Balaban J connectivity index is 2.47. The number of sulfone groups is 1. The van der Waals surface area contributed by atoms with Gasteiger partial charge in [0.2, 0.25) is 0 Å². The van der Waals surface area contributed by atoms with Crippen LogP contribution in [0.1, 0.15) is 5.56 Å². The molecule has 0 unspecified atom stereocenters. The Hall–Kier alpha value is -1.72. The number of hydrogen-bond acceptors (Lipinski definition) is 4. The summed E-state index contributed by atoms with van der Waals surface area (Å²) in [5.74, 6) is 0. The van der Waals surface area contributed by atoms with E-state index in [1.807, 2.05) is 6.07 Å². The molecule has 18 heavy (non-hydrogen) atoms. The average Bonchev–Trinajstić information content (AvgIpc) is 2.38. The lowest BCUT2D eigenvalue weighted by molar-refractivity contribution is 0.602. The monoisotopic (exact) mass is 262 g/mol. The summed E-state index contributed by atoms with van der Waals surface area (Å²) in [6.45, 7) is 0.400. The molecule has 0 fully saturated rings. The van der Waals surface area contributed by atoms with Gasteiger partial charge in [0.05, 0.1) is 4.90 Å². The fourth-order valence-corrected chi connectivity index (χ4v) is 2.38. The van der Waals surface area contributed by atoms with E-state index in [0.29, 0.717) is 11.4 Å². The first-order valence-electron chi connectivity index (χ1n) is 5.46. The molecule has 0 amide bonds. The van der Waals surface area contributed by atoms with Crippen molar-refractivity contribution in [2.45, 2.75) is 11.4 Å². The first kappa shape index (κ1) is 12.7. The largest absolute Gasteiger partial charge is 0.326 e. The summed E-state index contributed by atoms with van der Waals surface area (Å²) >= 11 is 0. The molecule has 2 aromatic rings. The third kappa shape index (κ3) is 2.57. The molecular formula is C13H14N2O2S. The zero-order valence-electron chi connectivity index (χ0n) is 10.00. The quantitative estimate of drug-likeness (QED) is 0.912. The third-order valence-electron chi connectivity index (χ3n) is 2.72. The van der Waals surface area contributed by atoms with Crippen molar-refractivity contribution in [3.63, 3.8) is 0 Å². The summed E-state index contributed by atoms with van der Waals surface area (Å²) in [6.07, 6.45) is 4.61. The second-order valence-electron chi connectivity index (χ2n) is 4.03. The molecule has 4 nitrogen and oxygen atoms in total. The maximum absolute atomic E-state index is 11.4. The van der Waals surface area contributed by atoms with Crippen LogP contribution in [0.25, 0.3) is 11.1 Å². The van der Waals surface area contributed by atoms with Crippen molar-refractivity contribution >= 4 is 9.84 Å². The van der Waals surface area contributed by atoms with Gasteiger partial charge in [-0.1, -0.05) is 12.1 Å². The van der Waals surface area contributed by atoms with Crippen LogP contribution in [0, 0.1) is 0 Å². The molecular weight excluding hydrogens is 248 g/mol. The van der Waals surface area contributed by atoms with Crippen molar-refractivity contribution in [1.82, 2.24) is 4.98 Å². The first-order valence-corrected chi connectivity index (χ1v) is 7.35. The van der Waals surface area contributed by atoms with Crippen molar-refractivity contribution in [3.8, 4) is 11.1 Å². The molecule has 5 heteroatoms. The summed E-state index contributed by atoms with van der Waals surface area (Å²) < 4.78 is 22.7. The van der Waals surface area contributed by atoms with Crippen LogP contribution < -0.4 is 5.73 Å². The lowest BCUT2D eigenvalue weighted by Gasteiger charge is -2.07. The molecule has 1 heterocycles. The summed E-state index contributed by atoms with van der Waals surface area (Å²) in [5.41, 5.74) is 8.50. The Morgan fingerprint density at radius 3 is 2.39 bits per heavy atom. The zero-order valence-corrected chi connectivity index (χ0v) is 10.8. The highest BCUT2D eigenvalue weighted by Crippen LogP contribution is 2.24. The summed E-state index contributed by atoms with van der Waals surface area (Å²) in [6, 6.07) is 8.64. The van der Waals surface area contributed by atoms with Crippen LogP contribution in [0.4, 0.5) is 0 Å². The minimum atomic E-state index is -3.15. The molecule has 1 aromatic carbocycles. The SMILES string of the molecule is CS(=O)(=O)c1ccc(-c2ccncc2CN)cc1. The molecule has 0 bridgehead atoms. The van der Waals surface area contributed by atoms with Gasteiger partial charge in [0, 0.05) is 25.2 Å². The fourth-order valence-electron chi connectivity index (χ4n) is 1.75. The number of nitrogens with zero attached hydrogens (tertiary/aromatic N) is 1. The van der Waals surface area contributed by atoms with Crippen LogP contribution in [0.5, 0.6) is 0 Å². The van der Waals surface area contributed by atoms with Crippen LogP contribution in [-0.4, -0.2) is 19.7 Å². The van der Waals surface area contributed by atoms with Crippen LogP contribution in [-0.2, 0) is 16.4 Å². The van der Waals surface area contributed by atoms with Crippen molar-refractivity contribution in [3.05, 3.63) is 48.3 Å². The minimum Gasteiger partial charge on any atom is -0.326 e. The topological polar surface area (TPSA) is 73.0 Å². The Labute approximate surface area is 106 Å². The maximum atomic E-state index is 11.4. The highest BCUT2D eigenvalue weighted by Gasteiger charge is 2.08. The van der Waals surface area contributed by atoms with Crippen LogP contribution >= 0.6 is 0 Å². The number of hydrogen-bond donors (Lipinski definition) is 1. The van der Waals surface area contributed by atoms with Gasteiger partial charge >= 0.3 is 0 Å². The highest BCUT2D eigenvalue weighted by atomic mass is 32.2. The average molecular weight is 262 g/mol. The lowest BCUT2D eigenvalue weighted by atomic mass is 10.0. The van der Waals surface area contributed by atoms with E-state index in [1.165, 1.54) is 6.26 Å². The van der Waals surface area contributed by atoms with Crippen LogP contribution in [0.15, 0.2) is 47.6 Å². The van der Waals surface area contributed by atoms with E-state index in [1.54, 1.807) is 36.7 Å². The molecule has 2 N–H and O–H groups in total. The molecule has 2 rings (SSSR count). The van der Waals surface area contributed by atoms with Gasteiger partial charge in [0.15, 0.2) is 9.84 Å². The molecule has 0 spiro atoms. The molecule has 0 aliphatic carbocycles. The van der Waals surface area contributed by atoms with Gasteiger partial charge in [-0.3, -0.25) is 4.98 Å². The van der Waals surface area contributed by atoms with E-state index in [4.69, 9.17) is 5.73 Å². The summed E-state index contributed by atoms with van der Waals surface area (Å²) in [5, 5.41) is 0. The van der Waals surface area contributed by atoms with Crippen molar-refractivity contribution in [1.29, 1.82) is 0 Å². The number of pyridine rings is 1. The fraction of sp³-hybridized carbons (Fsp3) is 0.154. The predicted octanol–water partition coefficient (Wildman–Crippen LogP) is 1.61. The molecule has 0 aliphatic rings. The molecule has 0 saturated carbocycles. The lowest BCUT2D eigenvalue weighted by Crippen LogP contribution is -2.00. The minimum absolute atomic E-state index is 0.314. The van der Waals surface area contributed by atoms with Gasteiger partial charge < -0.3 is 5.73 Å². The van der Waals surface area contributed by atoms with E-state index in [2.05, 4.69) is 4.98 Å². The normalized spacial score (nSPS) is 11.4. The second kappa shape index (κ2) is 4.88.